The van der Waals surface area contributed by atoms with Crippen molar-refractivity contribution in [2.24, 2.45) is 0 Å². The second kappa shape index (κ2) is 6.39. The van der Waals surface area contributed by atoms with Crippen LogP contribution in [0.15, 0.2) is 53.4 Å². The van der Waals surface area contributed by atoms with Gasteiger partial charge in [-0.3, -0.25) is 0 Å². The molecule has 1 saturated heterocycles. The van der Waals surface area contributed by atoms with E-state index < -0.39 is 15.8 Å². The van der Waals surface area contributed by atoms with Crippen molar-refractivity contribution in [1.82, 2.24) is 4.31 Å². The standard InChI is InChI=1S/C17H18FNO3S/c1-13-11-15(18)7-8-17(13)23(20,21)19-9-10-22-16(12-19)14-5-3-2-4-6-14/h2-8,11,16H,9-10,12H2,1H3/t16-/m1/s1. The lowest BCUT2D eigenvalue weighted by molar-refractivity contribution is -0.00256. The summed E-state index contributed by atoms with van der Waals surface area (Å²) < 4.78 is 46.0. The molecule has 122 valence electrons. The number of aryl methyl sites for hydroxylation is 1. The number of hydrogen-bond acceptors (Lipinski definition) is 3. The molecule has 1 aliphatic rings. The van der Waals surface area contributed by atoms with E-state index in [1.165, 1.54) is 22.5 Å². The lowest BCUT2D eigenvalue weighted by Crippen LogP contribution is -2.42. The first-order valence-corrected chi connectivity index (χ1v) is 8.85. The van der Waals surface area contributed by atoms with Crippen molar-refractivity contribution in [3.8, 4) is 0 Å². The number of benzene rings is 2. The zero-order valence-corrected chi connectivity index (χ0v) is 13.6. The number of rotatable bonds is 3. The molecule has 1 aliphatic heterocycles. The van der Waals surface area contributed by atoms with Crippen molar-refractivity contribution >= 4 is 10.0 Å². The van der Waals surface area contributed by atoms with Gasteiger partial charge in [0, 0.05) is 13.1 Å². The average molecular weight is 335 g/mol. The fourth-order valence-corrected chi connectivity index (χ4v) is 4.39. The summed E-state index contributed by atoms with van der Waals surface area (Å²) in [7, 11) is -3.66. The average Bonchev–Trinajstić information content (AvgIpc) is 2.55. The SMILES string of the molecule is Cc1cc(F)ccc1S(=O)(=O)N1CCO[C@@H](c2ccccc2)C1. The monoisotopic (exact) mass is 335 g/mol. The van der Waals surface area contributed by atoms with Crippen molar-refractivity contribution in [3.63, 3.8) is 0 Å². The fraction of sp³-hybridized carbons (Fsp3) is 0.294. The molecule has 1 fully saturated rings. The van der Waals surface area contributed by atoms with Gasteiger partial charge in [0.2, 0.25) is 10.0 Å². The van der Waals surface area contributed by atoms with Crippen molar-refractivity contribution in [1.29, 1.82) is 0 Å². The van der Waals surface area contributed by atoms with Gasteiger partial charge in [0.15, 0.2) is 0 Å². The molecule has 4 nitrogen and oxygen atoms in total. The Morgan fingerprint density at radius 1 is 1.17 bits per heavy atom. The van der Waals surface area contributed by atoms with Crippen LogP contribution < -0.4 is 0 Å². The van der Waals surface area contributed by atoms with Gasteiger partial charge in [-0.1, -0.05) is 30.3 Å². The minimum Gasteiger partial charge on any atom is -0.371 e. The lowest BCUT2D eigenvalue weighted by Gasteiger charge is -2.32. The first-order valence-electron chi connectivity index (χ1n) is 7.41. The lowest BCUT2D eigenvalue weighted by atomic mass is 10.1. The van der Waals surface area contributed by atoms with Gasteiger partial charge in [0.05, 0.1) is 17.6 Å². The van der Waals surface area contributed by atoms with Gasteiger partial charge in [-0.2, -0.15) is 4.31 Å². The van der Waals surface area contributed by atoms with Gasteiger partial charge < -0.3 is 4.74 Å². The number of hydrogen-bond donors (Lipinski definition) is 0. The molecule has 0 bridgehead atoms. The number of morpholine rings is 1. The summed E-state index contributed by atoms with van der Waals surface area (Å²) in [4.78, 5) is 0.146. The van der Waals surface area contributed by atoms with Crippen LogP contribution in [0.1, 0.15) is 17.2 Å². The van der Waals surface area contributed by atoms with Crippen LogP contribution in [0.4, 0.5) is 4.39 Å². The molecular formula is C17H18FNO3S. The molecule has 0 spiro atoms. The van der Waals surface area contributed by atoms with Crippen LogP contribution in [0.3, 0.4) is 0 Å². The zero-order chi connectivity index (χ0) is 16.4. The Morgan fingerprint density at radius 2 is 1.91 bits per heavy atom. The highest BCUT2D eigenvalue weighted by molar-refractivity contribution is 7.89. The molecule has 2 aromatic rings. The van der Waals surface area contributed by atoms with Crippen molar-refractivity contribution in [3.05, 3.63) is 65.5 Å². The number of ether oxygens (including phenoxy) is 1. The van der Waals surface area contributed by atoms with Crippen molar-refractivity contribution < 1.29 is 17.5 Å². The van der Waals surface area contributed by atoms with E-state index in [0.717, 1.165) is 5.56 Å². The summed E-state index contributed by atoms with van der Waals surface area (Å²) >= 11 is 0. The Labute approximate surface area is 135 Å². The second-order valence-electron chi connectivity index (χ2n) is 5.54. The maximum absolute atomic E-state index is 13.2. The van der Waals surface area contributed by atoms with Crippen LogP contribution in [0, 0.1) is 12.7 Å². The minimum atomic E-state index is -3.66. The summed E-state index contributed by atoms with van der Waals surface area (Å²) in [5.74, 6) is -0.439. The highest BCUT2D eigenvalue weighted by atomic mass is 32.2. The van der Waals surface area contributed by atoms with Crippen LogP contribution in [-0.4, -0.2) is 32.4 Å². The molecule has 23 heavy (non-hydrogen) atoms. The van der Waals surface area contributed by atoms with E-state index in [1.54, 1.807) is 6.92 Å². The third-order valence-corrected chi connectivity index (χ3v) is 5.98. The van der Waals surface area contributed by atoms with Gasteiger partial charge in [0.25, 0.3) is 0 Å². The third kappa shape index (κ3) is 3.29. The summed E-state index contributed by atoms with van der Waals surface area (Å²) in [5, 5.41) is 0. The fourth-order valence-electron chi connectivity index (χ4n) is 2.75. The predicted octanol–water partition coefficient (Wildman–Crippen LogP) is 2.90. The van der Waals surface area contributed by atoms with E-state index in [-0.39, 0.29) is 17.5 Å². The Hall–Kier alpha value is -1.76. The zero-order valence-electron chi connectivity index (χ0n) is 12.8. The van der Waals surface area contributed by atoms with E-state index in [4.69, 9.17) is 4.74 Å². The molecule has 1 atom stereocenters. The third-order valence-electron chi connectivity index (χ3n) is 3.96. The summed E-state index contributed by atoms with van der Waals surface area (Å²) in [6.45, 7) is 2.48. The largest absolute Gasteiger partial charge is 0.371 e. The quantitative estimate of drug-likeness (QED) is 0.866. The molecule has 1 heterocycles. The molecule has 0 N–H and O–H groups in total. The van der Waals surface area contributed by atoms with E-state index in [0.29, 0.717) is 18.7 Å². The first kappa shape index (κ1) is 16.1. The molecule has 0 aliphatic carbocycles. The highest BCUT2D eigenvalue weighted by Gasteiger charge is 2.32. The molecule has 6 heteroatoms. The predicted molar refractivity (Wildman–Crippen MR) is 85.0 cm³/mol. The summed E-state index contributed by atoms with van der Waals surface area (Å²) in [6, 6.07) is 13.3. The highest BCUT2D eigenvalue weighted by Crippen LogP contribution is 2.27. The molecule has 0 aromatic heterocycles. The van der Waals surface area contributed by atoms with Crippen LogP contribution in [-0.2, 0) is 14.8 Å². The van der Waals surface area contributed by atoms with Crippen molar-refractivity contribution in [2.45, 2.75) is 17.9 Å². The Bertz CT molecular complexity index is 793. The first-order chi connectivity index (χ1) is 11.0. The Morgan fingerprint density at radius 3 is 2.61 bits per heavy atom. The maximum atomic E-state index is 13.2. The van der Waals surface area contributed by atoms with E-state index in [9.17, 15) is 12.8 Å². The Balaban J connectivity index is 1.88. The number of nitrogens with zero attached hydrogens (tertiary/aromatic N) is 1. The van der Waals surface area contributed by atoms with Crippen LogP contribution >= 0.6 is 0 Å². The smallest absolute Gasteiger partial charge is 0.243 e. The van der Waals surface area contributed by atoms with E-state index in [2.05, 4.69) is 0 Å². The second-order valence-corrected chi connectivity index (χ2v) is 7.45. The molecule has 3 rings (SSSR count). The van der Waals surface area contributed by atoms with Gasteiger partial charge in [-0.05, 0) is 36.2 Å². The van der Waals surface area contributed by atoms with Gasteiger partial charge in [0.1, 0.15) is 5.82 Å². The molecule has 2 aromatic carbocycles. The molecule has 0 saturated carbocycles. The van der Waals surface area contributed by atoms with Gasteiger partial charge in [-0.15, -0.1) is 0 Å². The van der Waals surface area contributed by atoms with Crippen molar-refractivity contribution in [2.75, 3.05) is 19.7 Å². The van der Waals surface area contributed by atoms with Gasteiger partial charge >= 0.3 is 0 Å². The molecule has 0 amide bonds. The van der Waals surface area contributed by atoms with Crippen LogP contribution in [0.5, 0.6) is 0 Å². The van der Waals surface area contributed by atoms with E-state index in [1.807, 2.05) is 30.3 Å². The number of halogens is 1. The normalized spacial score (nSPS) is 19.7. The van der Waals surface area contributed by atoms with Crippen LogP contribution in [0.2, 0.25) is 0 Å². The molecular weight excluding hydrogens is 317 g/mol. The molecule has 0 unspecified atom stereocenters. The van der Waals surface area contributed by atoms with Crippen LogP contribution in [0.25, 0.3) is 0 Å². The topological polar surface area (TPSA) is 46.6 Å². The molecule has 0 radical (unpaired) electrons. The van der Waals surface area contributed by atoms with E-state index >= 15 is 0 Å². The maximum Gasteiger partial charge on any atom is 0.243 e. The van der Waals surface area contributed by atoms with Gasteiger partial charge in [-0.25, -0.2) is 12.8 Å². The minimum absolute atomic E-state index is 0.146. The Kier molecular flexibility index (Phi) is 4.48. The summed E-state index contributed by atoms with van der Waals surface area (Å²) in [6.07, 6.45) is -0.291. The number of sulfonamides is 1. The summed E-state index contributed by atoms with van der Waals surface area (Å²) in [5.41, 5.74) is 1.36.